The van der Waals surface area contributed by atoms with Crippen LogP contribution in [0, 0.1) is 0 Å². The molecule has 0 N–H and O–H groups in total. The van der Waals surface area contributed by atoms with Gasteiger partial charge in [-0.2, -0.15) is 4.98 Å². The summed E-state index contributed by atoms with van der Waals surface area (Å²) in [5.41, 5.74) is 0.110. The fourth-order valence-corrected chi connectivity index (χ4v) is 3.55. The fraction of sp³-hybridized carbons (Fsp3) is 0.462. The van der Waals surface area contributed by atoms with Crippen LogP contribution in [0.25, 0.3) is 11.0 Å². The number of fused-ring (bicyclic) bond motifs is 1. The van der Waals surface area contributed by atoms with Gasteiger partial charge in [0.25, 0.3) is 5.56 Å². The lowest BCUT2D eigenvalue weighted by atomic mass is 10.2. The number of hydrogen-bond acceptors (Lipinski definition) is 5. The van der Waals surface area contributed by atoms with Gasteiger partial charge in [0, 0.05) is 18.4 Å². The molecule has 0 atom stereocenters. The molecule has 1 aliphatic rings. The van der Waals surface area contributed by atoms with E-state index in [1.54, 1.807) is 4.57 Å². The summed E-state index contributed by atoms with van der Waals surface area (Å²) < 4.78 is 24.9. The molecule has 0 aliphatic heterocycles. The van der Waals surface area contributed by atoms with E-state index in [1.165, 1.54) is 12.1 Å². The number of hydrogen-bond donors (Lipinski definition) is 0. The van der Waals surface area contributed by atoms with Crippen LogP contribution in [0.4, 0.5) is 0 Å². The summed E-state index contributed by atoms with van der Waals surface area (Å²) >= 11 is 6.07. The Labute approximate surface area is 126 Å². The molecule has 1 fully saturated rings. The molecule has 2 aromatic heterocycles. The van der Waals surface area contributed by atoms with Crippen molar-refractivity contribution in [3.05, 3.63) is 27.6 Å². The van der Waals surface area contributed by atoms with E-state index in [4.69, 9.17) is 11.6 Å². The molecule has 1 saturated carbocycles. The molecule has 8 heteroatoms. The molecular weight excluding hydrogens is 314 g/mol. The van der Waals surface area contributed by atoms with Gasteiger partial charge in [-0.25, -0.2) is 13.4 Å². The van der Waals surface area contributed by atoms with Crippen molar-refractivity contribution in [1.82, 2.24) is 14.5 Å². The van der Waals surface area contributed by atoms with Gasteiger partial charge in [0.05, 0.1) is 5.39 Å². The molecule has 0 spiro atoms. The van der Waals surface area contributed by atoms with E-state index in [2.05, 4.69) is 9.97 Å². The van der Waals surface area contributed by atoms with Gasteiger partial charge in [-0.3, -0.25) is 9.36 Å². The van der Waals surface area contributed by atoms with E-state index < -0.39 is 9.84 Å². The van der Waals surface area contributed by atoms with Crippen molar-refractivity contribution in [2.45, 2.75) is 36.9 Å². The summed E-state index contributed by atoms with van der Waals surface area (Å²) in [6.07, 6.45) is 4.88. The second kappa shape index (κ2) is 5.06. The SMILES string of the molecule is CS(=O)(=O)c1nc(Cl)c2ccc(=O)n(C3CCCC3)c2n1. The average molecular weight is 328 g/mol. The number of sulfone groups is 1. The summed E-state index contributed by atoms with van der Waals surface area (Å²) in [6.45, 7) is 0. The zero-order chi connectivity index (χ0) is 15.2. The van der Waals surface area contributed by atoms with Gasteiger partial charge >= 0.3 is 0 Å². The van der Waals surface area contributed by atoms with Crippen molar-refractivity contribution >= 4 is 32.5 Å². The Bertz CT molecular complexity index is 870. The second-order valence-electron chi connectivity index (χ2n) is 5.29. The highest BCUT2D eigenvalue weighted by Gasteiger charge is 2.23. The quantitative estimate of drug-likeness (QED) is 0.622. The van der Waals surface area contributed by atoms with Crippen LogP contribution >= 0.6 is 11.6 Å². The van der Waals surface area contributed by atoms with Gasteiger partial charge < -0.3 is 0 Å². The van der Waals surface area contributed by atoms with E-state index in [1.807, 2.05) is 0 Å². The maximum Gasteiger partial charge on any atom is 0.252 e. The minimum Gasteiger partial charge on any atom is -0.289 e. The standard InChI is InChI=1S/C13H14ClN3O3S/c1-21(19,20)13-15-11(14)9-6-7-10(18)17(12(9)16-13)8-4-2-3-5-8/h6-8H,2-5H2,1H3. The largest absolute Gasteiger partial charge is 0.289 e. The predicted molar refractivity (Wildman–Crippen MR) is 79.4 cm³/mol. The Morgan fingerprint density at radius 1 is 1.24 bits per heavy atom. The van der Waals surface area contributed by atoms with Crippen LogP contribution in [0.2, 0.25) is 5.15 Å². The van der Waals surface area contributed by atoms with Crippen LogP contribution in [-0.2, 0) is 9.84 Å². The Balaban J connectivity index is 2.37. The summed E-state index contributed by atoms with van der Waals surface area (Å²) in [5, 5.41) is 0.195. The fourth-order valence-electron chi connectivity index (χ4n) is 2.76. The Morgan fingerprint density at radius 3 is 2.52 bits per heavy atom. The molecule has 0 bridgehead atoms. The lowest BCUT2D eigenvalue weighted by Crippen LogP contribution is -2.24. The lowest BCUT2D eigenvalue weighted by molar-refractivity contribution is 0.513. The van der Waals surface area contributed by atoms with E-state index in [0.29, 0.717) is 11.0 Å². The van der Waals surface area contributed by atoms with Crippen LogP contribution in [-0.4, -0.2) is 29.2 Å². The first-order valence-corrected chi connectivity index (χ1v) is 8.94. The number of rotatable bonds is 2. The normalized spacial score (nSPS) is 16.7. The molecule has 2 heterocycles. The van der Waals surface area contributed by atoms with E-state index >= 15 is 0 Å². The van der Waals surface area contributed by atoms with Crippen LogP contribution in [0.5, 0.6) is 0 Å². The van der Waals surface area contributed by atoms with Crippen molar-refractivity contribution < 1.29 is 8.42 Å². The molecule has 6 nitrogen and oxygen atoms in total. The summed E-state index contributed by atoms with van der Waals surface area (Å²) in [7, 11) is -3.59. The molecule has 21 heavy (non-hydrogen) atoms. The number of aromatic nitrogens is 3. The molecule has 0 radical (unpaired) electrons. The first-order valence-electron chi connectivity index (χ1n) is 6.67. The van der Waals surface area contributed by atoms with Crippen molar-refractivity contribution in [3.8, 4) is 0 Å². The molecule has 0 saturated heterocycles. The molecule has 0 unspecified atom stereocenters. The highest BCUT2D eigenvalue weighted by molar-refractivity contribution is 7.90. The highest BCUT2D eigenvalue weighted by Crippen LogP contribution is 2.31. The Morgan fingerprint density at radius 2 is 1.90 bits per heavy atom. The molecule has 1 aliphatic carbocycles. The Kier molecular flexibility index (Phi) is 3.49. The molecule has 3 rings (SSSR count). The maximum atomic E-state index is 12.2. The summed E-state index contributed by atoms with van der Waals surface area (Å²) in [5.74, 6) is 0. The second-order valence-corrected chi connectivity index (χ2v) is 7.55. The van der Waals surface area contributed by atoms with Gasteiger partial charge in [0.2, 0.25) is 15.0 Å². The minimum absolute atomic E-state index is 0.0413. The van der Waals surface area contributed by atoms with E-state index in [0.717, 1.165) is 31.9 Å². The van der Waals surface area contributed by atoms with Gasteiger partial charge in [-0.05, 0) is 18.9 Å². The van der Waals surface area contributed by atoms with Crippen LogP contribution in [0.3, 0.4) is 0 Å². The van der Waals surface area contributed by atoms with Gasteiger partial charge in [0.15, 0.2) is 0 Å². The summed E-state index contributed by atoms with van der Waals surface area (Å²) in [6, 6.07) is 3.01. The van der Waals surface area contributed by atoms with E-state index in [9.17, 15) is 13.2 Å². The van der Waals surface area contributed by atoms with Gasteiger partial charge in [-0.15, -0.1) is 0 Å². The third-order valence-electron chi connectivity index (χ3n) is 3.74. The molecular formula is C13H14ClN3O3S. The average Bonchev–Trinajstić information content (AvgIpc) is 2.90. The molecule has 0 amide bonds. The molecule has 0 aromatic carbocycles. The Hall–Kier alpha value is -1.47. The van der Waals surface area contributed by atoms with Crippen molar-refractivity contribution in [3.63, 3.8) is 0 Å². The molecule has 112 valence electrons. The third kappa shape index (κ3) is 2.55. The number of pyridine rings is 1. The first-order chi connectivity index (χ1) is 9.88. The van der Waals surface area contributed by atoms with Crippen LogP contribution < -0.4 is 5.56 Å². The zero-order valence-corrected chi connectivity index (χ0v) is 13.0. The van der Waals surface area contributed by atoms with Crippen molar-refractivity contribution in [2.75, 3.05) is 6.26 Å². The number of halogens is 1. The van der Waals surface area contributed by atoms with Crippen molar-refractivity contribution in [1.29, 1.82) is 0 Å². The monoisotopic (exact) mass is 327 g/mol. The summed E-state index contributed by atoms with van der Waals surface area (Å²) in [4.78, 5) is 20.1. The lowest BCUT2D eigenvalue weighted by Gasteiger charge is -2.16. The first kappa shape index (κ1) is 14.5. The highest BCUT2D eigenvalue weighted by atomic mass is 35.5. The van der Waals surface area contributed by atoms with E-state index in [-0.39, 0.29) is 21.9 Å². The molecule has 2 aromatic rings. The van der Waals surface area contributed by atoms with Gasteiger partial charge in [-0.1, -0.05) is 24.4 Å². The van der Waals surface area contributed by atoms with Gasteiger partial charge in [0.1, 0.15) is 10.8 Å². The van der Waals surface area contributed by atoms with Crippen LogP contribution in [0.1, 0.15) is 31.7 Å². The smallest absolute Gasteiger partial charge is 0.252 e. The topological polar surface area (TPSA) is 81.9 Å². The maximum absolute atomic E-state index is 12.2. The zero-order valence-electron chi connectivity index (χ0n) is 11.4. The van der Waals surface area contributed by atoms with Crippen LogP contribution in [0.15, 0.2) is 22.1 Å². The third-order valence-corrected chi connectivity index (χ3v) is 4.87. The minimum atomic E-state index is -3.59. The number of nitrogens with zero attached hydrogens (tertiary/aromatic N) is 3. The predicted octanol–water partition coefficient (Wildman–Crippen LogP) is 1.96. The van der Waals surface area contributed by atoms with Crippen molar-refractivity contribution in [2.24, 2.45) is 0 Å².